The van der Waals surface area contributed by atoms with Gasteiger partial charge in [-0.2, -0.15) is 0 Å². The Morgan fingerprint density at radius 1 is 1.23 bits per heavy atom. The largest absolute Gasteiger partial charge is 0.438 e. The van der Waals surface area contributed by atoms with Gasteiger partial charge < -0.3 is 9.32 Å². The molecule has 2 aromatic heterocycles. The highest BCUT2D eigenvalue weighted by atomic mass is 16.3. The lowest BCUT2D eigenvalue weighted by molar-refractivity contribution is 0.0727. The molecule has 4 rings (SSSR count). The van der Waals surface area contributed by atoms with Crippen LogP contribution in [-0.2, 0) is 6.42 Å². The van der Waals surface area contributed by atoms with Crippen LogP contribution in [0, 0.1) is 12.8 Å². The van der Waals surface area contributed by atoms with E-state index in [1.165, 1.54) is 17.3 Å². The highest BCUT2D eigenvalue weighted by Crippen LogP contribution is 2.24. The first-order valence-corrected chi connectivity index (χ1v) is 9.24. The first-order valence-electron chi connectivity index (χ1n) is 9.24. The van der Waals surface area contributed by atoms with E-state index in [9.17, 15) is 4.79 Å². The summed E-state index contributed by atoms with van der Waals surface area (Å²) in [6, 6.07) is 10.5. The summed E-state index contributed by atoms with van der Waals surface area (Å²) in [5.41, 5.74) is 2.98. The van der Waals surface area contributed by atoms with Crippen LogP contribution in [0.3, 0.4) is 0 Å². The Labute approximate surface area is 153 Å². The van der Waals surface area contributed by atoms with E-state index in [0.717, 1.165) is 44.3 Å². The second-order valence-electron chi connectivity index (χ2n) is 7.10. The molecule has 0 bridgehead atoms. The van der Waals surface area contributed by atoms with Gasteiger partial charge in [-0.15, -0.1) is 0 Å². The van der Waals surface area contributed by atoms with E-state index in [1.807, 2.05) is 30.2 Å². The molecule has 0 radical (unpaired) electrons. The minimum atomic E-state index is -0.0342. The van der Waals surface area contributed by atoms with E-state index in [1.54, 1.807) is 0 Å². The Kier molecular flexibility index (Phi) is 4.69. The molecule has 0 N–H and O–H groups in total. The molecule has 1 unspecified atom stereocenters. The maximum Gasteiger partial charge on any atom is 0.291 e. The summed E-state index contributed by atoms with van der Waals surface area (Å²) in [5.74, 6) is 0.918. The quantitative estimate of drug-likeness (QED) is 0.717. The lowest BCUT2D eigenvalue weighted by Crippen LogP contribution is -2.32. The third kappa shape index (κ3) is 3.47. The van der Waals surface area contributed by atoms with Crippen molar-refractivity contribution in [2.45, 2.75) is 32.6 Å². The number of fused-ring (bicyclic) bond motifs is 1. The van der Waals surface area contributed by atoms with Crippen molar-refractivity contribution in [3.8, 4) is 0 Å². The Balaban J connectivity index is 1.41. The number of aryl methyl sites for hydroxylation is 1. The summed E-state index contributed by atoms with van der Waals surface area (Å²) in [5, 5.41) is 1.19. The Morgan fingerprint density at radius 3 is 2.96 bits per heavy atom. The smallest absolute Gasteiger partial charge is 0.291 e. The van der Waals surface area contributed by atoms with Crippen LogP contribution < -0.4 is 0 Å². The number of hydrogen-bond acceptors (Lipinski definition) is 4. The van der Waals surface area contributed by atoms with Crippen LogP contribution in [-0.4, -0.2) is 33.9 Å². The highest BCUT2D eigenvalue weighted by molar-refractivity contribution is 5.92. The van der Waals surface area contributed by atoms with Gasteiger partial charge >= 0.3 is 0 Å². The Bertz CT molecular complexity index is 918. The third-order valence-corrected chi connectivity index (χ3v) is 5.25. The summed E-state index contributed by atoms with van der Waals surface area (Å²) in [4.78, 5) is 23.1. The van der Waals surface area contributed by atoms with Gasteiger partial charge in [0.1, 0.15) is 0 Å². The van der Waals surface area contributed by atoms with Gasteiger partial charge in [-0.3, -0.25) is 9.78 Å². The molecule has 1 aliphatic rings. The molecule has 1 fully saturated rings. The molecule has 5 heteroatoms. The molecule has 1 aliphatic heterocycles. The van der Waals surface area contributed by atoms with E-state index in [-0.39, 0.29) is 5.91 Å². The van der Waals surface area contributed by atoms with Crippen molar-refractivity contribution in [2.24, 2.45) is 5.92 Å². The minimum absolute atomic E-state index is 0.0342. The van der Waals surface area contributed by atoms with Crippen molar-refractivity contribution in [3.63, 3.8) is 0 Å². The van der Waals surface area contributed by atoms with Crippen LogP contribution >= 0.6 is 0 Å². The second-order valence-corrected chi connectivity index (χ2v) is 7.10. The van der Waals surface area contributed by atoms with Crippen molar-refractivity contribution in [2.75, 3.05) is 13.1 Å². The van der Waals surface area contributed by atoms with Gasteiger partial charge in [0.05, 0.1) is 11.2 Å². The number of likely N-dealkylation sites (tertiary alicyclic amines) is 1. The molecule has 0 saturated carbocycles. The molecule has 3 aromatic rings. The molecular formula is C21H23N3O2. The maximum atomic E-state index is 12.6. The molecule has 134 valence electrons. The predicted octanol–water partition coefficient (Wildman–Crippen LogP) is 4.02. The molecule has 26 heavy (non-hydrogen) atoms. The van der Waals surface area contributed by atoms with Crippen LogP contribution in [0.4, 0.5) is 0 Å². The van der Waals surface area contributed by atoms with Gasteiger partial charge in [0.15, 0.2) is 6.39 Å². The molecule has 1 saturated heterocycles. The fourth-order valence-electron chi connectivity index (χ4n) is 3.78. The summed E-state index contributed by atoms with van der Waals surface area (Å²) in [6.07, 6.45) is 7.51. The van der Waals surface area contributed by atoms with E-state index >= 15 is 0 Å². The molecule has 5 nitrogen and oxygen atoms in total. The standard InChI is InChI=1S/C21H23N3O2/c1-15-20(26-14-23-15)21(25)24-9-4-5-16(8-10-24)11-17-12-18-6-2-3-7-19(18)22-13-17/h2-3,6-7,12-14,16H,4-5,8-11H2,1H3. The monoisotopic (exact) mass is 349 g/mol. The number of oxazole rings is 1. The van der Waals surface area contributed by atoms with Crippen molar-refractivity contribution in [1.82, 2.24) is 14.9 Å². The lowest BCUT2D eigenvalue weighted by Gasteiger charge is -2.19. The van der Waals surface area contributed by atoms with Crippen molar-refractivity contribution >= 4 is 16.8 Å². The van der Waals surface area contributed by atoms with Gasteiger partial charge in [0.25, 0.3) is 5.91 Å². The first kappa shape index (κ1) is 16.8. The lowest BCUT2D eigenvalue weighted by atomic mass is 9.93. The number of benzene rings is 1. The van der Waals surface area contributed by atoms with E-state index in [2.05, 4.69) is 28.2 Å². The maximum absolute atomic E-state index is 12.6. The zero-order chi connectivity index (χ0) is 17.9. The minimum Gasteiger partial charge on any atom is -0.438 e. The molecule has 0 aliphatic carbocycles. The van der Waals surface area contributed by atoms with E-state index in [0.29, 0.717) is 17.4 Å². The zero-order valence-electron chi connectivity index (χ0n) is 15.0. The van der Waals surface area contributed by atoms with Crippen LogP contribution in [0.1, 0.15) is 41.1 Å². The van der Waals surface area contributed by atoms with Gasteiger partial charge in [0, 0.05) is 24.7 Å². The SMILES string of the molecule is Cc1ncoc1C(=O)N1CCCC(Cc2cnc3ccccc3c2)CC1. The van der Waals surface area contributed by atoms with E-state index < -0.39 is 0 Å². The number of aromatic nitrogens is 2. The number of amides is 1. The average Bonchev–Trinajstić information content (AvgIpc) is 2.95. The predicted molar refractivity (Wildman–Crippen MR) is 99.9 cm³/mol. The molecule has 1 amide bonds. The zero-order valence-corrected chi connectivity index (χ0v) is 15.0. The number of carbonyl (C=O) groups excluding carboxylic acids is 1. The summed E-state index contributed by atoms with van der Waals surface area (Å²) in [6.45, 7) is 3.36. The van der Waals surface area contributed by atoms with Gasteiger partial charge in [-0.25, -0.2) is 4.98 Å². The van der Waals surface area contributed by atoms with Crippen LogP contribution in [0.25, 0.3) is 10.9 Å². The topological polar surface area (TPSA) is 59.2 Å². The third-order valence-electron chi connectivity index (χ3n) is 5.25. The number of rotatable bonds is 3. The number of carbonyl (C=O) groups is 1. The Morgan fingerprint density at radius 2 is 2.12 bits per heavy atom. The molecule has 1 aromatic carbocycles. The number of pyridine rings is 1. The second kappa shape index (κ2) is 7.28. The van der Waals surface area contributed by atoms with Crippen LogP contribution in [0.15, 0.2) is 47.3 Å². The number of nitrogens with zero attached hydrogens (tertiary/aromatic N) is 3. The average molecular weight is 349 g/mol. The van der Waals surface area contributed by atoms with Crippen molar-refractivity contribution in [3.05, 3.63) is 59.9 Å². The normalized spacial score (nSPS) is 18.0. The summed E-state index contributed by atoms with van der Waals surface area (Å²) in [7, 11) is 0. The van der Waals surface area contributed by atoms with Crippen LogP contribution in [0.5, 0.6) is 0 Å². The number of hydrogen-bond donors (Lipinski definition) is 0. The van der Waals surface area contributed by atoms with Crippen LogP contribution in [0.2, 0.25) is 0 Å². The fourth-order valence-corrected chi connectivity index (χ4v) is 3.78. The molecule has 0 spiro atoms. The molecular weight excluding hydrogens is 326 g/mol. The first-order chi connectivity index (χ1) is 12.7. The highest BCUT2D eigenvalue weighted by Gasteiger charge is 2.25. The van der Waals surface area contributed by atoms with Gasteiger partial charge in [-0.05, 0) is 56.2 Å². The number of para-hydroxylation sites is 1. The fraction of sp³-hybridized carbons (Fsp3) is 0.381. The summed E-state index contributed by atoms with van der Waals surface area (Å²) >= 11 is 0. The summed E-state index contributed by atoms with van der Waals surface area (Å²) < 4.78 is 5.27. The molecule has 1 atom stereocenters. The van der Waals surface area contributed by atoms with Gasteiger partial charge in [-0.1, -0.05) is 18.2 Å². The van der Waals surface area contributed by atoms with Gasteiger partial charge in [0.2, 0.25) is 5.76 Å². The Hall–Kier alpha value is -2.69. The van der Waals surface area contributed by atoms with E-state index in [4.69, 9.17) is 4.42 Å². The molecule has 3 heterocycles. The van der Waals surface area contributed by atoms with Crippen molar-refractivity contribution in [1.29, 1.82) is 0 Å². The van der Waals surface area contributed by atoms with Crippen molar-refractivity contribution < 1.29 is 9.21 Å².